The number of carbonyl (C=O) groups excluding carboxylic acids is 1. The minimum Gasteiger partial charge on any atom is -0.373 e. The van der Waals surface area contributed by atoms with E-state index in [-0.39, 0.29) is 36.2 Å². The van der Waals surface area contributed by atoms with Crippen molar-refractivity contribution in [3.8, 4) is 0 Å². The quantitative estimate of drug-likeness (QED) is 0.901. The number of benzene rings is 1. The lowest BCUT2D eigenvalue weighted by Crippen LogP contribution is -2.47. The Morgan fingerprint density at radius 1 is 1.14 bits per heavy atom. The summed E-state index contributed by atoms with van der Waals surface area (Å²) in [5.74, 6) is -1.20. The van der Waals surface area contributed by atoms with Crippen LogP contribution in [0, 0.1) is 11.6 Å². The average Bonchev–Trinajstić information content (AvgIpc) is 2.91. The van der Waals surface area contributed by atoms with Gasteiger partial charge in [0.1, 0.15) is 11.6 Å². The molecule has 4 nitrogen and oxygen atoms in total. The second-order valence-electron chi connectivity index (χ2n) is 6.45. The summed E-state index contributed by atoms with van der Waals surface area (Å²) in [5, 5.41) is 5.81. The molecule has 0 unspecified atom stereocenters. The van der Waals surface area contributed by atoms with E-state index in [9.17, 15) is 13.6 Å². The number of amides is 2. The van der Waals surface area contributed by atoms with Gasteiger partial charge in [-0.3, -0.25) is 0 Å². The van der Waals surface area contributed by atoms with Crippen molar-refractivity contribution in [2.45, 2.75) is 55.9 Å². The van der Waals surface area contributed by atoms with Gasteiger partial charge in [-0.1, -0.05) is 6.07 Å². The van der Waals surface area contributed by atoms with Crippen LogP contribution in [-0.4, -0.2) is 30.3 Å². The summed E-state index contributed by atoms with van der Waals surface area (Å²) in [7, 11) is 0. The third-order valence-corrected chi connectivity index (χ3v) is 4.89. The van der Waals surface area contributed by atoms with Gasteiger partial charge in [0.05, 0.1) is 18.2 Å². The van der Waals surface area contributed by atoms with Crippen molar-refractivity contribution >= 4 is 6.03 Å². The van der Waals surface area contributed by atoms with E-state index in [4.69, 9.17) is 4.74 Å². The fourth-order valence-corrected chi connectivity index (χ4v) is 3.67. The van der Waals surface area contributed by atoms with Crippen molar-refractivity contribution in [3.05, 3.63) is 35.4 Å². The first kappa shape index (κ1) is 13.9. The maximum atomic E-state index is 13.7. The van der Waals surface area contributed by atoms with Crippen LogP contribution < -0.4 is 10.6 Å². The third-order valence-electron chi connectivity index (χ3n) is 4.89. The number of halogens is 2. The Morgan fingerprint density at radius 2 is 1.95 bits per heavy atom. The molecule has 2 amide bonds. The van der Waals surface area contributed by atoms with Gasteiger partial charge in [0.15, 0.2) is 0 Å². The molecule has 0 aromatic heterocycles. The highest BCUT2D eigenvalue weighted by atomic mass is 19.1. The maximum Gasteiger partial charge on any atom is 0.315 e. The third kappa shape index (κ3) is 2.56. The molecular formula is C16H18F2N2O2. The van der Waals surface area contributed by atoms with Crippen LogP contribution in [0.3, 0.4) is 0 Å². The van der Waals surface area contributed by atoms with Crippen LogP contribution in [0.15, 0.2) is 18.2 Å². The molecule has 4 rings (SSSR count). The number of rotatable bonds is 3. The van der Waals surface area contributed by atoms with E-state index in [1.165, 1.54) is 12.1 Å². The van der Waals surface area contributed by atoms with E-state index in [1.807, 2.05) is 0 Å². The Labute approximate surface area is 127 Å². The van der Waals surface area contributed by atoms with Gasteiger partial charge in [-0.05, 0) is 37.3 Å². The van der Waals surface area contributed by atoms with Gasteiger partial charge in [0.25, 0.3) is 0 Å². The van der Waals surface area contributed by atoms with Crippen molar-refractivity contribution < 1.29 is 18.3 Å². The minimum atomic E-state index is -0.583. The lowest BCUT2D eigenvalue weighted by molar-refractivity contribution is 0.0981. The number of carbonyl (C=O) groups is 1. The zero-order valence-electron chi connectivity index (χ0n) is 12.0. The molecule has 2 aliphatic heterocycles. The standard InChI is InChI=1S/C16H18F2N2O2/c17-8-1-3-10(12(18)5-8)11-7-13(11)19-16(21)20-14-6-9-2-4-15(14)22-9/h1,3,5,9,11,13-15H,2,4,6-7H2,(H2,19,20,21)/t9-,11+,13+,14-,15-/m1/s1. The average molecular weight is 308 g/mol. The van der Waals surface area contributed by atoms with Crippen molar-refractivity contribution in [2.24, 2.45) is 0 Å². The first-order valence-corrected chi connectivity index (χ1v) is 7.77. The molecule has 3 fully saturated rings. The topological polar surface area (TPSA) is 50.4 Å². The molecule has 1 saturated carbocycles. The van der Waals surface area contributed by atoms with Crippen molar-refractivity contribution in [2.75, 3.05) is 0 Å². The molecule has 5 atom stereocenters. The van der Waals surface area contributed by atoms with E-state index in [2.05, 4.69) is 10.6 Å². The first-order chi connectivity index (χ1) is 10.6. The smallest absolute Gasteiger partial charge is 0.315 e. The summed E-state index contributed by atoms with van der Waals surface area (Å²) in [6.45, 7) is 0. The molecular weight excluding hydrogens is 290 g/mol. The number of nitrogens with one attached hydrogen (secondary N) is 2. The van der Waals surface area contributed by atoms with E-state index < -0.39 is 11.6 Å². The summed E-state index contributed by atoms with van der Waals surface area (Å²) in [6.07, 6.45) is 4.07. The van der Waals surface area contributed by atoms with Crippen molar-refractivity contribution in [1.29, 1.82) is 0 Å². The molecule has 1 aromatic carbocycles. The summed E-state index contributed by atoms with van der Waals surface area (Å²) in [5.41, 5.74) is 0.468. The van der Waals surface area contributed by atoms with E-state index in [0.29, 0.717) is 12.0 Å². The SMILES string of the molecule is O=C(N[C@H]1C[C@H]1c1ccc(F)cc1F)N[C@@H]1C[C@H]2CC[C@H]1O2. The summed E-state index contributed by atoms with van der Waals surface area (Å²) < 4.78 is 32.3. The van der Waals surface area contributed by atoms with Gasteiger partial charge in [-0.2, -0.15) is 0 Å². The van der Waals surface area contributed by atoms with Crippen molar-refractivity contribution in [3.63, 3.8) is 0 Å². The number of hydrogen-bond acceptors (Lipinski definition) is 2. The zero-order chi connectivity index (χ0) is 15.3. The van der Waals surface area contributed by atoms with Crippen molar-refractivity contribution in [1.82, 2.24) is 10.6 Å². The highest BCUT2D eigenvalue weighted by Gasteiger charge is 2.44. The summed E-state index contributed by atoms with van der Waals surface area (Å²) in [4.78, 5) is 12.0. The van der Waals surface area contributed by atoms with Crippen LogP contribution in [0.25, 0.3) is 0 Å². The number of ether oxygens (including phenoxy) is 1. The fourth-order valence-electron chi connectivity index (χ4n) is 3.67. The molecule has 1 aromatic rings. The Bertz CT molecular complexity index is 610. The number of urea groups is 1. The first-order valence-electron chi connectivity index (χ1n) is 7.77. The van der Waals surface area contributed by atoms with E-state index >= 15 is 0 Å². The molecule has 0 radical (unpaired) electrons. The van der Waals surface area contributed by atoms with Gasteiger partial charge >= 0.3 is 6.03 Å². The molecule has 1 aliphatic carbocycles. The second kappa shape index (κ2) is 5.19. The highest BCUT2D eigenvalue weighted by Crippen LogP contribution is 2.42. The molecule has 3 aliphatic rings. The predicted molar refractivity (Wildman–Crippen MR) is 75.5 cm³/mol. The van der Waals surface area contributed by atoms with Crippen LogP contribution in [0.5, 0.6) is 0 Å². The monoisotopic (exact) mass is 308 g/mol. The Hall–Kier alpha value is -1.69. The molecule has 22 heavy (non-hydrogen) atoms. The van der Waals surface area contributed by atoms with Crippen LogP contribution in [0.4, 0.5) is 13.6 Å². The molecule has 2 saturated heterocycles. The van der Waals surface area contributed by atoms with E-state index in [1.54, 1.807) is 0 Å². The second-order valence-corrected chi connectivity index (χ2v) is 6.45. The minimum absolute atomic E-state index is 0.0670. The zero-order valence-corrected chi connectivity index (χ0v) is 12.0. The van der Waals surface area contributed by atoms with Crippen LogP contribution >= 0.6 is 0 Å². The van der Waals surface area contributed by atoms with Crippen LogP contribution in [-0.2, 0) is 4.74 Å². The molecule has 0 spiro atoms. The Kier molecular flexibility index (Phi) is 3.29. The molecule has 6 heteroatoms. The Balaban J connectivity index is 1.30. The Morgan fingerprint density at radius 3 is 2.64 bits per heavy atom. The molecule has 118 valence electrons. The molecule has 2 heterocycles. The fraction of sp³-hybridized carbons (Fsp3) is 0.562. The van der Waals surface area contributed by atoms with Gasteiger partial charge in [0, 0.05) is 18.0 Å². The van der Waals surface area contributed by atoms with Gasteiger partial charge in [0.2, 0.25) is 0 Å². The van der Waals surface area contributed by atoms with Crippen LogP contribution in [0.2, 0.25) is 0 Å². The van der Waals surface area contributed by atoms with Gasteiger partial charge in [-0.15, -0.1) is 0 Å². The normalized spacial score (nSPS) is 35.5. The highest BCUT2D eigenvalue weighted by molar-refractivity contribution is 5.75. The molecule has 2 bridgehead atoms. The molecule has 2 N–H and O–H groups in total. The number of fused-ring (bicyclic) bond motifs is 2. The summed E-state index contributed by atoms with van der Waals surface area (Å²) >= 11 is 0. The number of hydrogen-bond donors (Lipinski definition) is 2. The lowest BCUT2D eigenvalue weighted by atomic mass is 9.96. The van der Waals surface area contributed by atoms with Gasteiger partial charge < -0.3 is 15.4 Å². The maximum absolute atomic E-state index is 13.7. The van der Waals surface area contributed by atoms with E-state index in [0.717, 1.165) is 25.3 Å². The van der Waals surface area contributed by atoms with Crippen LogP contribution in [0.1, 0.15) is 37.2 Å². The van der Waals surface area contributed by atoms with Gasteiger partial charge in [-0.25, -0.2) is 13.6 Å². The predicted octanol–water partition coefficient (Wildman–Crippen LogP) is 2.44. The largest absolute Gasteiger partial charge is 0.373 e. The summed E-state index contributed by atoms with van der Waals surface area (Å²) in [6, 6.07) is 3.37. The lowest BCUT2D eigenvalue weighted by Gasteiger charge is -2.20.